The smallest absolute Gasteiger partial charge is 0.182 e. The Morgan fingerprint density at radius 3 is 2.19 bits per heavy atom. The standard InChI is InChI=1S/C19H23NO/c1-5-20(18-10-6-14(2)7-11-18)13-19(21)17-9-8-15(3)16(4)12-17/h6-12H,5,13H2,1-4H3. The lowest BCUT2D eigenvalue weighted by atomic mass is 10.0. The van der Waals surface area contributed by atoms with Crippen LogP contribution in [0.3, 0.4) is 0 Å². The molecule has 21 heavy (non-hydrogen) atoms. The first-order valence-corrected chi connectivity index (χ1v) is 7.43. The van der Waals surface area contributed by atoms with Gasteiger partial charge < -0.3 is 4.90 Å². The molecule has 110 valence electrons. The van der Waals surface area contributed by atoms with Crippen LogP contribution in [0.25, 0.3) is 0 Å². The van der Waals surface area contributed by atoms with Crippen molar-refractivity contribution in [3.05, 3.63) is 64.7 Å². The van der Waals surface area contributed by atoms with E-state index in [9.17, 15) is 4.79 Å². The fraction of sp³-hybridized carbons (Fsp3) is 0.316. The number of nitrogens with zero attached hydrogens (tertiary/aromatic N) is 1. The first-order valence-electron chi connectivity index (χ1n) is 7.43. The minimum atomic E-state index is 0.167. The molecule has 0 aliphatic carbocycles. The Morgan fingerprint density at radius 1 is 0.952 bits per heavy atom. The molecule has 0 saturated carbocycles. The number of carbonyl (C=O) groups is 1. The number of rotatable bonds is 5. The molecule has 0 radical (unpaired) electrons. The zero-order valence-electron chi connectivity index (χ0n) is 13.3. The van der Waals surface area contributed by atoms with Crippen LogP contribution in [0.4, 0.5) is 5.69 Å². The zero-order valence-corrected chi connectivity index (χ0v) is 13.3. The lowest BCUT2D eigenvalue weighted by molar-refractivity contribution is 0.0999. The summed E-state index contributed by atoms with van der Waals surface area (Å²) in [7, 11) is 0. The molecule has 0 bridgehead atoms. The van der Waals surface area contributed by atoms with E-state index < -0.39 is 0 Å². The fourth-order valence-electron chi connectivity index (χ4n) is 2.32. The van der Waals surface area contributed by atoms with Crippen molar-refractivity contribution in [2.24, 2.45) is 0 Å². The molecule has 2 aromatic rings. The maximum atomic E-state index is 12.5. The maximum absolute atomic E-state index is 12.5. The molecule has 0 aromatic heterocycles. The Bertz CT molecular complexity index is 629. The summed E-state index contributed by atoms with van der Waals surface area (Å²) in [6, 6.07) is 14.2. The lowest BCUT2D eigenvalue weighted by Crippen LogP contribution is -2.29. The Hall–Kier alpha value is -2.09. The van der Waals surface area contributed by atoms with E-state index in [1.807, 2.05) is 25.1 Å². The van der Waals surface area contributed by atoms with Gasteiger partial charge in [-0.15, -0.1) is 0 Å². The van der Waals surface area contributed by atoms with E-state index in [1.165, 1.54) is 16.7 Å². The molecule has 2 nitrogen and oxygen atoms in total. The van der Waals surface area contributed by atoms with Gasteiger partial charge in [0.05, 0.1) is 6.54 Å². The molecule has 0 N–H and O–H groups in total. The van der Waals surface area contributed by atoms with E-state index in [0.717, 1.165) is 17.8 Å². The van der Waals surface area contributed by atoms with Crippen molar-refractivity contribution in [3.8, 4) is 0 Å². The Kier molecular flexibility index (Phi) is 4.79. The summed E-state index contributed by atoms with van der Waals surface area (Å²) in [6.45, 7) is 9.49. The summed E-state index contributed by atoms with van der Waals surface area (Å²) in [5.41, 5.74) is 5.51. The third-order valence-electron chi connectivity index (χ3n) is 3.94. The highest BCUT2D eigenvalue weighted by Crippen LogP contribution is 2.16. The highest BCUT2D eigenvalue weighted by atomic mass is 16.1. The monoisotopic (exact) mass is 281 g/mol. The third kappa shape index (κ3) is 3.72. The van der Waals surface area contributed by atoms with E-state index in [2.05, 4.69) is 49.9 Å². The highest BCUT2D eigenvalue weighted by Gasteiger charge is 2.12. The molecule has 0 amide bonds. The minimum Gasteiger partial charge on any atom is -0.364 e. The van der Waals surface area contributed by atoms with Gasteiger partial charge in [-0.25, -0.2) is 0 Å². The number of hydrogen-bond donors (Lipinski definition) is 0. The number of carbonyl (C=O) groups excluding carboxylic acids is 1. The van der Waals surface area contributed by atoms with Crippen LogP contribution in [-0.2, 0) is 0 Å². The van der Waals surface area contributed by atoms with E-state index in [-0.39, 0.29) is 5.78 Å². The van der Waals surface area contributed by atoms with Gasteiger partial charge in [0.15, 0.2) is 5.78 Å². The molecular weight excluding hydrogens is 258 g/mol. The van der Waals surface area contributed by atoms with E-state index in [1.54, 1.807) is 0 Å². The van der Waals surface area contributed by atoms with E-state index in [0.29, 0.717) is 6.54 Å². The number of Topliss-reactive ketones (excluding diaryl/α,β-unsaturated/α-hetero) is 1. The summed E-state index contributed by atoms with van der Waals surface area (Å²) < 4.78 is 0. The van der Waals surface area contributed by atoms with Crippen molar-refractivity contribution < 1.29 is 4.79 Å². The van der Waals surface area contributed by atoms with Crippen molar-refractivity contribution in [3.63, 3.8) is 0 Å². The number of likely N-dealkylation sites (N-methyl/N-ethyl adjacent to an activating group) is 1. The molecule has 2 rings (SSSR count). The summed E-state index contributed by atoms with van der Waals surface area (Å²) in [6.07, 6.45) is 0. The molecule has 0 spiro atoms. The van der Waals surface area contributed by atoms with Gasteiger partial charge in [-0.3, -0.25) is 4.79 Å². The molecule has 0 aliphatic rings. The summed E-state index contributed by atoms with van der Waals surface area (Å²) in [5.74, 6) is 0.167. The largest absolute Gasteiger partial charge is 0.364 e. The number of hydrogen-bond acceptors (Lipinski definition) is 2. The van der Waals surface area contributed by atoms with Crippen molar-refractivity contribution in [1.82, 2.24) is 0 Å². The number of anilines is 1. The molecule has 2 heteroatoms. The Morgan fingerprint density at radius 2 is 1.62 bits per heavy atom. The Balaban J connectivity index is 2.15. The van der Waals surface area contributed by atoms with Crippen LogP contribution < -0.4 is 4.90 Å². The average Bonchev–Trinajstić information content (AvgIpc) is 2.48. The van der Waals surface area contributed by atoms with Crippen LogP contribution in [-0.4, -0.2) is 18.9 Å². The van der Waals surface area contributed by atoms with Crippen LogP contribution in [0.2, 0.25) is 0 Å². The number of benzene rings is 2. The van der Waals surface area contributed by atoms with Gasteiger partial charge in [-0.2, -0.15) is 0 Å². The second kappa shape index (κ2) is 6.57. The molecule has 2 aromatic carbocycles. The summed E-state index contributed by atoms with van der Waals surface area (Å²) in [5, 5.41) is 0. The summed E-state index contributed by atoms with van der Waals surface area (Å²) in [4.78, 5) is 14.6. The topological polar surface area (TPSA) is 20.3 Å². The maximum Gasteiger partial charge on any atom is 0.182 e. The predicted octanol–water partition coefficient (Wildman–Crippen LogP) is 4.32. The molecule has 0 atom stereocenters. The van der Waals surface area contributed by atoms with Crippen LogP contribution in [0.1, 0.15) is 34.0 Å². The zero-order chi connectivity index (χ0) is 15.4. The van der Waals surface area contributed by atoms with Gasteiger partial charge in [0, 0.05) is 17.8 Å². The molecule has 0 fully saturated rings. The highest BCUT2D eigenvalue weighted by molar-refractivity contribution is 5.99. The van der Waals surface area contributed by atoms with Crippen LogP contribution >= 0.6 is 0 Å². The van der Waals surface area contributed by atoms with E-state index in [4.69, 9.17) is 0 Å². The summed E-state index contributed by atoms with van der Waals surface area (Å²) >= 11 is 0. The van der Waals surface area contributed by atoms with Gasteiger partial charge in [0.2, 0.25) is 0 Å². The quantitative estimate of drug-likeness (QED) is 0.761. The number of ketones is 1. The minimum absolute atomic E-state index is 0.167. The first-order chi connectivity index (χ1) is 10.0. The number of aryl methyl sites for hydroxylation is 3. The van der Waals surface area contributed by atoms with Gasteiger partial charge in [0.25, 0.3) is 0 Å². The molecule has 0 heterocycles. The van der Waals surface area contributed by atoms with Gasteiger partial charge in [-0.05, 0) is 57.0 Å². The second-order valence-corrected chi connectivity index (χ2v) is 5.57. The molecular formula is C19H23NO. The Labute approximate surface area is 127 Å². The van der Waals surface area contributed by atoms with Crippen LogP contribution in [0.5, 0.6) is 0 Å². The van der Waals surface area contributed by atoms with Crippen molar-refractivity contribution >= 4 is 11.5 Å². The van der Waals surface area contributed by atoms with Gasteiger partial charge >= 0.3 is 0 Å². The van der Waals surface area contributed by atoms with E-state index >= 15 is 0 Å². The SMILES string of the molecule is CCN(CC(=O)c1ccc(C)c(C)c1)c1ccc(C)cc1. The van der Waals surface area contributed by atoms with Crippen molar-refractivity contribution in [1.29, 1.82) is 0 Å². The normalized spacial score (nSPS) is 10.5. The molecule has 0 saturated heterocycles. The first kappa shape index (κ1) is 15.3. The van der Waals surface area contributed by atoms with Gasteiger partial charge in [-0.1, -0.05) is 29.8 Å². The molecule has 0 unspecified atom stereocenters. The lowest BCUT2D eigenvalue weighted by Gasteiger charge is -2.22. The van der Waals surface area contributed by atoms with Crippen LogP contribution in [0.15, 0.2) is 42.5 Å². The second-order valence-electron chi connectivity index (χ2n) is 5.57. The molecule has 0 aliphatic heterocycles. The third-order valence-corrected chi connectivity index (χ3v) is 3.94. The van der Waals surface area contributed by atoms with Crippen molar-refractivity contribution in [2.45, 2.75) is 27.7 Å². The van der Waals surface area contributed by atoms with Gasteiger partial charge in [0.1, 0.15) is 0 Å². The van der Waals surface area contributed by atoms with Crippen LogP contribution in [0, 0.1) is 20.8 Å². The average molecular weight is 281 g/mol. The fourth-order valence-corrected chi connectivity index (χ4v) is 2.32. The predicted molar refractivity (Wildman–Crippen MR) is 89.3 cm³/mol. The van der Waals surface area contributed by atoms with Crippen molar-refractivity contribution in [2.75, 3.05) is 18.0 Å².